The predicted molar refractivity (Wildman–Crippen MR) is 87.5 cm³/mol. The van der Waals surface area contributed by atoms with Gasteiger partial charge in [-0.05, 0) is 24.8 Å². The summed E-state index contributed by atoms with van der Waals surface area (Å²) in [5.74, 6) is 0.746. The van der Waals surface area contributed by atoms with Crippen LogP contribution in [-0.2, 0) is 0 Å². The molecular weight excluding hydrogens is 282 g/mol. The molecule has 2 heterocycles. The number of hydrogen-bond acceptors (Lipinski definition) is 4. The summed E-state index contributed by atoms with van der Waals surface area (Å²) in [5.41, 5.74) is 6.77. The van der Waals surface area contributed by atoms with E-state index >= 15 is 0 Å². The summed E-state index contributed by atoms with van der Waals surface area (Å²) in [6.45, 7) is 2.27. The van der Waals surface area contributed by atoms with Gasteiger partial charge in [-0.3, -0.25) is 9.78 Å². The molecule has 112 valence electrons. The average molecular weight is 303 g/mol. The molecule has 0 aliphatic heterocycles. The molecule has 1 aliphatic rings. The molecule has 1 fully saturated rings. The van der Waals surface area contributed by atoms with Crippen molar-refractivity contribution in [3.05, 3.63) is 23.3 Å². The second-order valence-electron chi connectivity index (χ2n) is 6.06. The van der Waals surface area contributed by atoms with Gasteiger partial charge in [0.15, 0.2) is 0 Å². The molecule has 0 bridgehead atoms. The Morgan fingerprint density at radius 2 is 2.29 bits per heavy atom. The summed E-state index contributed by atoms with van der Waals surface area (Å²) in [6.07, 6.45) is 8.15. The number of hydrogen-bond donors (Lipinski definition) is 1. The van der Waals surface area contributed by atoms with E-state index in [0.29, 0.717) is 22.5 Å². The highest BCUT2D eigenvalue weighted by atomic mass is 32.1. The van der Waals surface area contributed by atoms with Crippen molar-refractivity contribution in [3.8, 4) is 0 Å². The number of carbonyl (C=O) groups excluding carboxylic acids is 1. The lowest BCUT2D eigenvalue weighted by molar-refractivity contribution is 0.0678. The minimum absolute atomic E-state index is 0.0489. The molecule has 4 nitrogen and oxygen atoms in total. The van der Waals surface area contributed by atoms with Crippen molar-refractivity contribution in [2.24, 2.45) is 5.92 Å². The van der Waals surface area contributed by atoms with Crippen LogP contribution in [0.15, 0.2) is 18.5 Å². The molecule has 2 aromatic rings. The molecule has 2 N–H and O–H groups in total. The van der Waals surface area contributed by atoms with E-state index in [1.54, 1.807) is 12.4 Å². The Bertz CT molecular complexity index is 667. The Morgan fingerprint density at radius 3 is 3.00 bits per heavy atom. The molecule has 21 heavy (non-hydrogen) atoms. The van der Waals surface area contributed by atoms with Crippen LogP contribution in [0.1, 0.15) is 42.3 Å². The number of fused-ring (bicyclic) bond motifs is 1. The zero-order valence-electron chi connectivity index (χ0n) is 12.5. The molecule has 1 amide bonds. The number of nitrogens with zero attached hydrogens (tertiary/aromatic N) is 2. The molecule has 1 aliphatic carbocycles. The van der Waals surface area contributed by atoms with Crippen molar-refractivity contribution in [3.63, 3.8) is 0 Å². The zero-order chi connectivity index (χ0) is 15.0. The van der Waals surface area contributed by atoms with E-state index in [1.807, 2.05) is 18.0 Å². The highest BCUT2D eigenvalue weighted by Crippen LogP contribution is 2.35. The topological polar surface area (TPSA) is 59.2 Å². The van der Waals surface area contributed by atoms with Crippen LogP contribution in [0.2, 0.25) is 0 Å². The summed E-state index contributed by atoms with van der Waals surface area (Å²) in [7, 11) is 1.91. The first-order valence-electron chi connectivity index (χ1n) is 7.47. The van der Waals surface area contributed by atoms with Crippen LogP contribution in [0.4, 0.5) is 5.69 Å². The van der Waals surface area contributed by atoms with Crippen LogP contribution in [0, 0.1) is 5.92 Å². The van der Waals surface area contributed by atoms with Crippen molar-refractivity contribution in [1.82, 2.24) is 9.88 Å². The van der Waals surface area contributed by atoms with Gasteiger partial charge in [-0.15, -0.1) is 11.3 Å². The van der Waals surface area contributed by atoms with Crippen molar-refractivity contribution in [2.75, 3.05) is 12.8 Å². The Morgan fingerprint density at radius 1 is 1.48 bits per heavy atom. The quantitative estimate of drug-likeness (QED) is 0.923. The number of aromatic nitrogens is 1. The van der Waals surface area contributed by atoms with E-state index in [1.165, 1.54) is 24.2 Å². The number of amides is 1. The van der Waals surface area contributed by atoms with Crippen molar-refractivity contribution >= 4 is 33.0 Å². The monoisotopic (exact) mass is 303 g/mol. The summed E-state index contributed by atoms with van der Waals surface area (Å²) in [4.78, 5) is 19.4. The second-order valence-corrected chi connectivity index (χ2v) is 7.11. The average Bonchev–Trinajstić information content (AvgIpc) is 2.83. The minimum atomic E-state index is 0.0489. The Balaban J connectivity index is 1.87. The van der Waals surface area contributed by atoms with E-state index in [2.05, 4.69) is 11.9 Å². The van der Waals surface area contributed by atoms with E-state index in [-0.39, 0.29) is 5.91 Å². The van der Waals surface area contributed by atoms with Gasteiger partial charge >= 0.3 is 0 Å². The van der Waals surface area contributed by atoms with Gasteiger partial charge in [-0.1, -0.05) is 19.8 Å². The predicted octanol–water partition coefficient (Wildman–Crippen LogP) is 3.53. The lowest BCUT2D eigenvalue weighted by atomic mass is 9.86. The van der Waals surface area contributed by atoms with Crippen LogP contribution < -0.4 is 5.73 Å². The third-order valence-electron chi connectivity index (χ3n) is 4.50. The number of nitrogen functional groups attached to an aromatic ring is 1. The Hall–Kier alpha value is -1.62. The SMILES string of the molecule is CC1CCCC(N(C)C(=O)c2sc3cnccc3c2N)C1. The first-order chi connectivity index (χ1) is 10.1. The van der Waals surface area contributed by atoms with Crippen LogP contribution in [0.5, 0.6) is 0 Å². The van der Waals surface area contributed by atoms with Gasteiger partial charge in [0.2, 0.25) is 0 Å². The number of rotatable bonds is 2. The summed E-state index contributed by atoms with van der Waals surface area (Å²) in [6, 6.07) is 2.21. The van der Waals surface area contributed by atoms with E-state index in [0.717, 1.165) is 22.9 Å². The Kier molecular flexibility index (Phi) is 3.85. The lowest BCUT2D eigenvalue weighted by Crippen LogP contribution is -2.39. The highest BCUT2D eigenvalue weighted by Gasteiger charge is 2.28. The highest BCUT2D eigenvalue weighted by molar-refractivity contribution is 7.21. The van der Waals surface area contributed by atoms with Gasteiger partial charge in [0, 0.05) is 30.9 Å². The minimum Gasteiger partial charge on any atom is -0.397 e. The summed E-state index contributed by atoms with van der Waals surface area (Å²) in [5, 5.41) is 0.934. The zero-order valence-corrected chi connectivity index (χ0v) is 13.3. The molecule has 1 saturated carbocycles. The van der Waals surface area contributed by atoms with Gasteiger partial charge in [0.25, 0.3) is 5.91 Å². The summed E-state index contributed by atoms with van der Waals surface area (Å²) >= 11 is 1.45. The lowest BCUT2D eigenvalue weighted by Gasteiger charge is -2.34. The molecule has 2 atom stereocenters. The second kappa shape index (κ2) is 5.64. The summed E-state index contributed by atoms with van der Waals surface area (Å²) < 4.78 is 0.976. The van der Waals surface area contributed by atoms with Gasteiger partial charge in [-0.25, -0.2) is 0 Å². The first-order valence-corrected chi connectivity index (χ1v) is 8.28. The molecule has 0 aromatic carbocycles. The largest absolute Gasteiger partial charge is 0.397 e. The normalized spacial score (nSPS) is 22.4. The standard InChI is InChI=1S/C16H21N3OS/c1-10-4-3-5-11(8-10)19(2)16(20)15-14(17)12-6-7-18-9-13(12)21-15/h6-7,9-11H,3-5,8,17H2,1-2H3. The maximum atomic E-state index is 12.8. The fourth-order valence-corrected chi connectivity index (χ4v) is 4.28. The van der Waals surface area contributed by atoms with Crippen molar-refractivity contribution in [1.29, 1.82) is 0 Å². The number of nitrogens with two attached hydrogens (primary N) is 1. The van der Waals surface area contributed by atoms with Crippen LogP contribution in [-0.4, -0.2) is 28.9 Å². The molecule has 0 saturated heterocycles. The molecule has 2 unspecified atom stereocenters. The number of thiophene rings is 1. The fraction of sp³-hybridized carbons (Fsp3) is 0.500. The van der Waals surface area contributed by atoms with Crippen molar-refractivity contribution < 1.29 is 4.79 Å². The molecule has 0 spiro atoms. The van der Waals surface area contributed by atoms with Gasteiger partial charge in [0.1, 0.15) is 4.88 Å². The third-order valence-corrected chi connectivity index (χ3v) is 5.65. The van der Waals surface area contributed by atoms with Crippen LogP contribution >= 0.6 is 11.3 Å². The molecule has 5 heteroatoms. The molecular formula is C16H21N3OS. The van der Waals surface area contributed by atoms with Gasteiger partial charge in [0.05, 0.1) is 10.4 Å². The third kappa shape index (κ3) is 2.62. The Labute approximate surface area is 129 Å². The fourth-order valence-electron chi connectivity index (χ4n) is 3.21. The van der Waals surface area contributed by atoms with E-state index in [4.69, 9.17) is 5.73 Å². The number of anilines is 1. The van der Waals surface area contributed by atoms with Crippen LogP contribution in [0.25, 0.3) is 10.1 Å². The number of pyridine rings is 1. The maximum absolute atomic E-state index is 12.8. The van der Waals surface area contributed by atoms with E-state index in [9.17, 15) is 4.79 Å². The maximum Gasteiger partial charge on any atom is 0.266 e. The van der Waals surface area contributed by atoms with Crippen molar-refractivity contribution in [2.45, 2.75) is 38.6 Å². The van der Waals surface area contributed by atoms with Gasteiger partial charge in [-0.2, -0.15) is 0 Å². The van der Waals surface area contributed by atoms with Gasteiger partial charge < -0.3 is 10.6 Å². The van der Waals surface area contributed by atoms with Crippen LogP contribution in [0.3, 0.4) is 0 Å². The van der Waals surface area contributed by atoms with E-state index < -0.39 is 0 Å². The first kappa shape index (κ1) is 14.3. The smallest absolute Gasteiger partial charge is 0.266 e. The molecule has 3 rings (SSSR count). The molecule has 2 aromatic heterocycles. The molecule has 0 radical (unpaired) electrons. The number of carbonyl (C=O) groups is 1.